The predicted molar refractivity (Wildman–Crippen MR) is 111 cm³/mol. The van der Waals surface area contributed by atoms with Gasteiger partial charge in [0.15, 0.2) is 5.01 Å². The van der Waals surface area contributed by atoms with E-state index in [1.165, 1.54) is 29.5 Å². The van der Waals surface area contributed by atoms with Gasteiger partial charge in [0.25, 0.3) is 5.69 Å². The average molecular weight is 426 g/mol. The molecule has 1 unspecified atom stereocenters. The van der Waals surface area contributed by atoms with E-state index in [0.717, 1.165) is 23.4 Å². The number of aromatic nitrogens is 2. The Kier molecular flexibility index (Phi) is 5.80. The number of nitrogens with zero attached hydrogens (tertiary/aromatic N) is 4. The van der Waals surface area contributed by atoms with Crippen molar-refractivity contribution in [1.82, 2.24) is 15.1 Å². The number of benzene rings is 2. The van der Waals surface area contributed by atoms with Crippen molar-refractivity contribution in [3.05, 3.63) is 75.0 Å². The van der Waals surface area contributed by atoms with Crippen molar-refractivity contribution < 1.29 is 14.1 Å². The number of piperidine rings is 1. The maximum Gasteiger partial charge on any atom is 0.269 e. The highest BCUT2D eigenvalue weighted by molar-refractivity contribution is 7.14. The van der Waals surface area contributed by atoms with Gasteiger partial charge in [0, 0.05) is 36.7 Å². The monoisotopic (exact) mass is 426 g/mol. The van der Waals surface area contributed by atoms with Crippen LogP contribution in [0.25, 0.3) is 10.6 Å². The van der Waals surface area contributed by atoms with Crippen LogP contribution in [-0.2, 0) is 11.2 Å². The van der Waals surface area contributed by atoms with E-state index >= 15 is 0 Å². The Bertz CT molecular complexity index is 1070. The molecule has 7 nitrogen and oxygen atoms in total. The molecule has 2 aromatic carbocycles. The minimum Gasteiger partial charge on any atom is -0.342 e. The van der Waals surface area contributed by atoms with Crippen LogP contribution in [0.15, 0.2) is 48.5 Å². The molecule has 1 amide bonds. The number of carbonyl (C=O) groups is 1. The highest BCUT2D eigenvalue weighted by Gasteiger charge is 2.27. The van der Waals surface area contributed by atoms with Gasteiger partial charge < -0.3 is 4.90 Å². The molecule has 1 atom stereocenters. The minimum atomic E-state index is -0.460. The van der Waals surface area contributed by atoms with Crippen LogP contribution in [0, 0.1) is 15.9 Å². The molecule has 0 bridgehead atoms. The number of rotatable bonds is 5. The summed E-state index contributed by atoms with van der Waals surface area (Å²) in [4.78, 5) is 24.9. The molecule has 1 aliphatic rings. The first-order valence-electron chi connectivity index (χ1n) is 9.60. The lowest BCUT2D eigenvalue weighted by atomic mass is 9.98. The van der Waals surface area contributed by atoms with Gasteiger partial charge in [-0.15, -0.1) is 10.2 Å². The Labute approximate surface area is 176 Å². The van der Waals surface area contributed by atoms with Crippen LogP contribution in [0.4, 0.5) is 10.1 Å². The van der Waals surface area contributed by atoms with Crippen LogP contribution in [0.2, 0.25) is 0 Å². The van der Waals surface area contributed by atoms with Gasteiger partial charge in [0.2, 0.25) is 5.91 Å². The van der Waals surface area contributed by atoms with Gasteiger partial charge in [-0.1, -0.05) is 35.6 Å². The number of halogens is 1. The molecule has 3 aromatic rings. The standard InChI is InChI=1S/C21H19FN4O3S/c22-18-6-2-1-5-17(18)21-24-23-20(30-21)15-4-3-11-25(13-15)19(27)12-14-7-9-16(10-8-14)26(28)29/h1-2,5-10,15H,3-4,11-13H2. The fourth-order valence-electron chi connectivity index (χ4n) is 3.57. The number of nitro groups is 1. The topological polar surface area (TPSA) is 89.2 Å². The number of non-ortho nitro benzene ring substituents is 1. The van der Waals surface area contributed by atoms with E-state index in [1.807, 2.05) is 0 Å². The Morgan fingerprint density at radius 2 is 1.97 bits per heavy atom. The minimum absolute atomic E-state index is 0.00571. The quantitative estimate of drug-likeness (QED) is 0.451. The molecule has 154 valence electrons. The SMILES string of the molecule is O=C(Cc1ccc([N+](=O)[O-])cc1)N1CCCC(c2nnc(-c3ccccc3F)s2)C1. The van der Waals surface area contributed by atoms with Crippen LogP contribution < -0.4 is 0 Å². The van der Waals surface area contributed by atoms with E-state index in [0.29, 0.717) is 23.7 Å². The van der Waals surface area contributed by atoms with Crippen LogP contribution >= 0.6 is 11.3 Å². The van der Waals surface area contributed by atoms with Gasteiger partial charge in [-0.2, -0.15) is 0 Å². The van der Waals surface area contributed by atoms with E-state index in [1.54, 1.807) is 35.2 Å². The Balaban J connectivity index is 1.42. The third-order valence-corrected chi connectivity index (χ3v) is 6.29. The predicted octanol–water partition coefficient (Wildman–Crippen LogP) is 4.20. The molecule has 0 N–H and O–H groups in total. The van der Waals surface area contributed by atoms with E-state index in [-0.39, 0.29) is 29.8 Å². The van der Waals surface area contributed by atoms with Crippen molar-refractivity contribution in [2.45, 2.75) is 25.2 Å². The zero-order chi connectivity index (χ0) is 21.1. The Morgan fingerprint density at radius 1 is 1.20 bits per heavy atom. The molecule has 4 rings (SSSR count). The van der Waals surface area contributed by atoms with Crippen molar-refractivity contribution in [3.8, 4) is 10.6 Å². The summed E-state index contributed by atoms with van der Waals surface area (Å²) >= 11 is 1.36. The van der Waals surface area contributed by atoms with Gasteiger partial charge in [0.05, 0.1) is 11.3 Å². The second-order valence-electron chi connectivity index (χ2n) is 7.20. The summed E-state index contributed by atoms with van der Waals surface area (Å²) in [5, 5.41) is 20.5. The molecular formula is C21H19FN4O3S. The number of hydrogen-bond acceptors (Lipinski definition) is 6. The van der Waals surface area contributed by atoms with Crippen molar-refractivity contribution in [3.63, 3.8) is 0 Å². The van der Waals surface area contributed by atoms with Crippen LogP contribution in [0.1, 0.15) is 29.3 Å². The lowest BCUT2D eigenvalue weighted by molar-refractivity contribution is -0.384. The number of carbonyl (C=O) groups excluding carboxylic acids is 1. The van der Waals surface area contributed by atoms with Crippen molar-refractivity contribution >= 4 is 22.9 Å². The second kappa shape index (κ2) is 8.66. The normalized spacial score (nSPS) is 16.4. The molecule has 1 saturated heterocycles. The highest BCUT2D eigenvalue weighted by atomic mass is 32.1. The maximum atomic E-state index is 14.0. The smallest absolute Gasteiger partial charge is 0.269 e. The Morgan fingerprint density at radius 3 is 2.70 bits per heavy atom. The van der Waals surface area contributed by atoms with Crippen LogP contribution in [-0.4, -0.2) is 39.0 Å². The lowest BCUT2D eigenvalue weighted by Crippen LogP contribution is -2.39. The number of likely N-dealkylation sites (tertiary alicyclic amines) is 1. The van der Waals surface area contributed by atoms with E-state index in [4.69, 9.17) is 0 Å². The molecule has 0 radical (unpaired) electrons. The second-order valence-corrected chi connectivity index (χ2v) is 8.21. The molecule has 2 heterocycles. The maximum absolute atomic E-state index is 14.0. The largest absolute Gasteiger partial charge is 0.342 e. The summed E-state index contributed by atoms with van der Waals surface area (Å²) in [6, 6.07) is 12.5. The molecule has 0 aliphatic carbocycles. The fraction of sp³-hybridized carbons (Fsp3) is 0.286. The van der Waals surface area contributed by atoms with E-state index < -0.39 is 4.92 Å². The van der Waals surface area contributed by atoms with Gasteiger partial charge in [-0.25, -0.2) is 4.39 Å². The van der Waals surface area contributed by atoms with Crippen molar-refractivity contribution in [2.75, 3.05) is 13.1 Å². The molecule has 1 aromatic heterocycles. The van der Waals surface area contributed by atoms with E-state index in [2.05, 4.69) is 10.2 Å². The molecule has 1 fully saturated rings. The molecule has 9 heteroatoms. The summed E-state index contributed by atoms with van der Waals surface area (Å²) in [6.07, 6.45) is 1.94. The lowest BCUT2D eigenvalue weighted by Gasteiger charge is -2.31. The molecular weight excluding hydrogens is 407 g/mol. The molecule has 0 spiro atoms. The first-order chi connectivity index (χ1) is 14.5. The third kappa shape index (κ3) is 4.35. The summed E-state index contributed by atoms with van der Waals surface area (Å²) in [5.41, 5.74) is 1.18. The molecule has 0 saturated carbocycles. The third-order valence-electron chi connectivity index (χ3n) is 5.17. The molecule has 30 heavy (non-hydrogen) atoms. The first-order valence-corrected chi connectivity index (χ1v) is 10.4. The summed E-state index contributed by atoms with van der Waals surface area (Å²) in [6.45, 7) is 1.21. The van der Waals surface area contributed by atoms with Crippen LogP contribution in [0.5, 0.6) is 0 Å². The molecule has 1 aliphatic heterocycles. The summed E-state index contributed by atoms with van der Waals surface area (Å²) in [7, 11) is 0. The zero-order valence-corrected chi connectivity index (χ0v) is 16.8. The van der Waals surface area contributed by atoms with Crippen molar-refractivity contribution in [2.24, 2.45) is 0 Å². The average Bonchev–Trinajstić information content (AvgIpc) is 3.24. The van der Waals surface area contributed by atoms with Gasteiger partial charge >= 0.3 is 0 Å². The van der Waals surface area contributed by atoms with E-state index in [9.17, 15) is 19.3 Å². The van der Waals surface area contributed by atoms with Gasteiger partial charge in [-0.05, 0) is 30.5 Å². The van der Waals surface area contributed by atoms with Crippen LogP contribution in [0.3, 0.4) is 0 Å². The zero-order valence-electron chi connectivity index (χ0n) is 16.0. The van der Waals surface area contributed by atoms with Gasteiger partial charge in [0.1, 0.15) is 10.8 Å². The highest BCUT2D eigenvalue weighted by Crippen LogP contribution is 2.33. The van der Waals surface area contributed by atoms with Crippen molar-refractivity contribution in [1.29, 1.82) is 0 Å². The number of hydrogen-bond donors (Lipinski definition) is 0. The number of nitro benzene ring substituents is 1. The fourth-order valence-corrected chi connectivity index (χ4v) is 4.57. The first kappa shape index (κ1) is 20.1. The summed E-state index contributed by atoms with van der Waals surface area (Å²) in [5.74, 6) is -0.284. The van der Waals surface area contributed by atoms with Gasteiger partial charge in [-0.3, -0.25) is 14.9 Å². The Hall–Kier alpha value is -3.20. The number of amides is 1. The summed E-state index contributed by atoms with van der Waals surface area (Å²) < 4.78 is 14.0.